The maximum Gasteiger partial charge on any atom is 0.259 e. The molecule has 0 bridgehead atoms. The van der Waals surface area contributed by atoms with E-state index in [0.29, 0.717) is 17.0 Å². The number of nitrogen functional groups attached to an aromatic ring is 1. The molecule has 1 aromatic carbocycles. The smallest absolute Gasteiger partial charge is 0.259 e. The number of amides is 1. The Morgan fingerprint density at radius 1 is 1.56 bits per heavy atom. The lowest BCUT2D eigenvalue weighted by atomic mass is 10.2. The maximum atomic E-state index is 11.3. The van der Waals surface area contributed by atoms with Gasteiger partial charge in [0.15, 0.2) is 6.61 Å². The Morgan fingerprint density at radius 2 is 2.25 bits per heavy atom. The van der Waals surface area contributed by atoms with Crippen LogP contribution in [0.25, 0.3) is 0 Å². The second-order valence-electron chi connectivity index (χ2n) is 3.44. The number of nitriles is 1. The molecular weight excluding hydrogens is 206 g/mol. The minimum Gasteiger partial charge on any atom is -0.482 e. The van der Waals surface area contributed by atoms with Gasteiger partial charge in [0.1, 0.15) is 5.75 Å². The first-order valence-electron chi connectivity index (χ1n) is 4.67. The first-order valence-corrected chi connectivity index (χ1v) is 4.67. The molecule has 0 aliphatic carbocycles. The first-order chi connectivity index (χ1) is 7.54. The Morgan fingerprint density at radius 3 is 2.75 bits per heavy atom. The molecule has 1 aromatic rings. The Bertz CT molecular complexity index is 435. The molecule has 84 valence electrons. The van der Waals surface area contributed by atoms with Crippen LogP contribution in [0.4, 0.5) is 5.69 Å². The van der Waals surface area contributed by atoms with E-state index in [-0.39, 0.29) is 12.5 Å². The molecule has 1 amide bonds. The first kappa shape index (κ1) is 11.9. The zero-order valence-electron chi connectivity index (χ0n) is 9.23. The minimum absolute atomic E-state index is 0.0664. The molecule has 0 atom stereocenters. The number of benzene rings is 1. The van der Waals surface area contributed by atoms with Crippen LogP contribution >= 0.6 is 0 Å². The lowest BCUT2D eigenvalue weighted by molar-refractivity contribution is -0.130. The SMILES string of the molecule is CN(C)C(=O)COc1ccc(C#N)cc1N. The van der Waals surface area contributed by atoms with Gasteiger partial charge in [-0.05, 0) is 18.2 Å². The van der Waals surface area contributed by atoms with Crippen molar-refractivity contribution in [2.75, 3.05) is 26.4 Å². The van der Waals surface area contributed by atoms with Crippen molar-refractivity contribution in [2.45, 2.75) is 0 Å². The van der Waals surface area contributed by atoms with E-state index >= 15 is 0 Å². The van der Waals surface area contributed by atoms with Crippen LogP contribution in [-0.2, 0) is 4.79 Å². The van der Waals surface area contributed by atoms with E-state index in [1.807, 2.05) is 6.07 Å². The normalized spacial score (nSPS) is 9.31. The second kappa shape index (κ2) is 5.03. The van der Waals surface area contributed by atoms with Crippen molar-refractivity contribution < 1.29 is 9.53 Å². The zero-order chi connectivity index (χ0) is 12.1. The Kier molecular flexibility index (Phi) is 3.72. The summed E-state index contributed by atoms with van der Waals surface area (Å²) in [6, 6.07) is 6.65. The molecule has 5 heteroatoms. The minimum atomic E-state index is -0.149. The summed E-state index contributed by atoms with van der Waals surface area (Å²) in [6.45, 7) is -0.0664. The van der Waals surface area contributed by atoms with E-state index in [1.165, 1.54) is 11.0 Å². The van der Waals surface area contributed by atoms with Crippen molar-refractivity contribution in [3.63, 3.8) is 0 Å². The molecule has 0 heterocycles. The van der Waals surface area contributed by atoms with Gasteiger partial charge in [-0.15, -0.1) is 0 Å². The summed E-state index contributed by atoms with van der Waals surface area (Å²) in [5.41, 5.74) is 6.47. The maximum absolute atomic E-state index is 11.3. The van der Waals surface area contributed by atoms with Gasteiger partial charge in [-0.25, -0.2) is 0 Å². The summed E-state index contributed by atoms with van der Waals surface area (Å²) in [5.74, 6) is 0.262. The number of likely N-dealkylation sites (N-methyl/N-ethyl adjacent to an activating group) is 1. The van der Waals surface area contributed by atoms with Crippen LogP contribution in [0.15, 0.2) is 18.2 Å². The largest absolute Gasteiger partial charge is 0.482 e. The van der Waals surface area contributed by atoms with Crippen molar-refractivity contribution in [3.05, 3.63) is 23.8 Å². The molecule has 0 aliphatic rings. The fourth-order valence-corrected chi connectivity index (χ4v) is 1.02. The highest BCUT2D eigenvalue weighted by atomic mass is 16.5. The van der Waals surface area contributed by atoms with Gasteiger partial charge in [-0.2, -0.15) is 5.26 Å². The zero-order valence-corrected chi connectivity index (χ0v) is 9.23. The van der Waals surface area contributed by atoms with Crippen molar-refractivity contribution in [1.29, 1.82) is 5.26 Å². The lowest BCUT2D eigenvalue weighted by Gasteiger charge is -2.12. The number of carbonyl (C=O) groups is 1. The van der Waals surface area contributed by atoms with Crippen molar-refractivity contribution in [2.24, 2.45) is 0 Å². The molecular formula is C11H13N3O2. The third-order valence-corrected chi connectivity index (χ3v) is 1.99. The fourth-order valence-electron chi connectivity index (χ4n) is 1.02. The number of nitrogens with zero attached hydrogens (tertiary/aromatic N) is 2. The molecule has 0 aromatic heterocycles. The van der Waals surface area contributed by atoms with Crippen LogP contribution < -0.4 is 10.5 Å². The van der Waals surface area contributed by atoms with Gasteiger partial charge in [0.2, 0.25) is 0 Å². The number of hydrogen-bond donors (Lipinski definition) is 1. The van der Waals surface area contributed by atoms with E-state index in [1.54, 1.807) is 26.2 Å². The molecule has 2 N–H and O–H groups in total. The number of ether oxygens (including phenoxy) is 1. The van der Waals surface area contributed by atoms with E-state index in [0.717, 1.165) is 0 Å². The van der Waals surface area contributed by atoms with Crippen LogP contribution in [0.5, 0.6) is 5.75 Å². The highest BCUT2D eigenvalue weighted by Crippen LogP contribution is 2.21. The van der Waals surface area contributed by atoms with E-state index < -0.39 is 0 Å². The van der Waals surface area contributed by atoms with Crippen LogP contribution in [0.1, 0.15) is 5.56 Å². The van der Waals surface area contributed by atoms with Gasteiger partial charge < -0.3 is 15.4 Å². The molecule has 0 saturated carbocycles. The van der Waals surface area contributed by atoms with Crippen LogP contribution in [0.3, 0.4) is 0 Å². The standard InChI is InChI=1S/C11H13N3O2/c1-14(2)11(15)7-16-10-4-3-8(6-12)5-9(10)13/h3-5H,7,13H2,1-2H3. The molecule has 5 nitrogen and oxygen atoms in total. The van der Waals surface area contributed by atoms with Crippen molar-refractivity contribution >= 4 is 11.6 Å². The van der Waals surface area contributed by atoms with Gasteiger partial charge >= 0.3 is 0 Å². The predicted molar refractivity (Wildman–Crippen MR) is 59.8 cm³/mol. The monoisotopic (exact) mass is 219 g/mol. The summed E-state index contributed by atoms with van der Waals surface area (Å²) in [5, 5.41) is 8.64. The summed E-state index contributed by atoms with van der Waals surface area (Å²) in [7, 11) is 3.29. The topological polar surface area (TPSA) is 79.3 Å². The number of carbonyl (C=O) groups excluding carboxylic acids is 1. The fraction of sp³-hybridized carbons (Fsp3) is 0.273. The van der Waals surface area contributed by atoms with Gasteiger partial charge in [-0.1, -0.05) is 0 Å². The summed E-state index contributed by atoms with van der Waals surface area (Å²) < 4.78 is 5.23. The number of hydrogen-bond acceptors (Lipinski definition) is 4. The molecule has 1 rings (SSSR count). The van der Waals surface area contributed by atoms with Gasteiger partial charge in [0.25, 0.3) is 5.91 Å². The average molecular weight is 219 g/mol. The third-order valence-electron chi connectivity index (χ3n) is 1.99. The van der Waals surface area contributed by atoms with Gasteiger partial charge in [-0.3, -0.25) is 4.79 Å². The highest BCUT2D eigenvalue weighted by molar-refractivity contribution is 5.77. The molecule has 0 unspecified atom stereocenters. The van der Waals surface area contributed by atoms with E-state index in [4.69, 9.17) is 15.7 Å². The van der Waals surface area contributed by atoms with Crippen LogP contribution in [0.2, 0.25) is 0 Å². The molecule has 0 aliphatic heterocycles. The Balaban J connectivity index is 2.69. The van der Waals surface area contributed by atoms with Crippen molar-refractivity contribution in [3.8, 4) is 11.8 Å². The van der Waals surface area contributed by atoms with E-state index in [2.05, 4.69) is 0 Å². The molecule has 0 saturated heterocycles. The second-order valence-corrected chi connectivity index (χ2v) is 3.44. The quantitative estimate of drug-likeness (QED) is 0.755. The van der Waals surface area contributed by atoms with E-state index in [9.17, 15) is 4.79 Å². The predicted octanol–water partition coefficient (Wildman–Crippen LogP) is 0.607. The summed E-state index contributed by atoms with van der Waals surface area (Å²) >= 11 is 0. The highest BCUT2D eigenvalue weighted by Gasteiger charge is 2.07. The van der Waals surface area contributed by atoms with Gasteiger partial charge in [0, 0.05) is 14.1 Å². The summed E-state index contributed by atoms with van der Waals surface area (Å²) in [6.07, 6.45) is 0. The molecule has 16 heavy (non-hydrogen) atoms. The Labute approximate surface area is 94.0 Å². The Hall–Kier alpha value is -2.22. The van der Waals surface area contributed by atoms with Crippen molar-refractivity contribution in [1.82, 2.24) is 4.90 Å². The molecule has 0 radical (unpaired) electrons. The van der Waals surface area contributed by atoms with Crippen LogP contribution in [-0.4, -0.2) is 31.5 Å². The number of nitrogens with two attached hydrogens (primary N) is 1. The third kappa shape index (κ3) is 2.89. The number of rotatable bonds is 3. The average Bonchev–Trinajstić information content (AvgIpc) is 2.26. The van der Waals surface area contributed by atoms with Crippen LogP contribution in [0, 0.1) is 11.3 Å². The summed E-state index contributed by atoms with van der Waals surface area (Å²) in [4.78, 5) is 12.7. The number of anilines is 1. The molecule has 0 fully saturated rings. The van der Waals surface area contributed by atoms with Gasteiger partial charge in [0.05, 0.1) is 17.3 Å². The lowest BCUT2D eigenvalue weighted by Crippen LogP contribution is -2.27. The molecule has 0 spiro atoms.